The molecule has 0 amide bonds. The van der Waals surface area contributed by atoms with Crippen LogP contribution < -0.4 is 9.64 Å². The number of furan rings is 1. The fourth-order valence-corrected chi connectivity index (χ4v) is 11.4. The lowest BCUT2D eigenvalue weighted by atomic mass is 9.66. The van der Waals surface area contributed by atoms with Gasteiger partial charge in [-0.05, 0) is 98.2 Å². The first-order chi connectivity index (χ1) is 32.8. The van der Waals surface area contributed by atoms with Crippen molar-refractivity contribution in [2.45, 2.75) is 5.41 Å². The third kappa shape index (κ3) is 5.14. The molecule has 0 bridgehead atoms. The van der Waals surface area contributed by atoms with Crippen LogP contribution in [0.2, 0.25) is 0 Å². The molecule has 2 aliphatic rings. The van der Waals surface area contributed by atoms with E-state index in [0.717, 1.165) is 78.0 Å². The van der Waals surface area contributed by atoms with Gasteiger partial charge < -0.3 is 14.1 Å². The quantitative estimate of drug-likeness (QED) is 0.173. The molecule has 1 spiro atoms. The van der Waals surface area contributed by atoms with E-state index in [4.69, 9.17) is 9.15 Å². The van der Waals surface area contributed by atoms with E-state index in [-0.39, 0.29) is 0 Å². The third-order valence-corrected chi connectivity index (χ3v) is 14.2. The molecular weight excluding hydrogens is 803 g/mol. The smallest absolute Gasteiger partial charge is 0.143 e. The van der Waals surface area contributed by atoms with E-state index in [1.165, 1.54) is 49.7 Å². The Morgan fingerprint density at radius 3 is 1.59 bits per heavy atom. The van der Waals surface area contributed by atoms with Crippen molar-refractivity contribution in [2.75, 3.05) is 4.90 Å². The Balaban J connectivity index is 1.02. The SMILES string of the molecule is c1ccc(-c2ccc(-c3ccc(N(c4cccc5c4-c4ccccc4C54c5ccccc5Oc5ccccc54)c4cccc5c4ccc4c6ccccc6oc54)cc3)c3ccccc23)cc1. The number of nitrogens with zero attached hydrogens (tertiary/aromatic N) is 1. The Kier molecular flexibility index (Phi) is 7.90. The van der Waals surface area contributed by atoms with Crippen LogP contribution in [-0.2, 0) is 5.41 Å². The second-order valence-corrected chi connectivity index (χ2v) is 17.5. The Morgan fingerprint density at radius 2 is 0.848 bits per heavy atom. The number of rotatable bonds is 5. The molecule has 12 aromatic rings. The molecule has 0 radical (unpaired) electrons. The normalized spacial score (nSPS) is 13.1. The highest BCUT2D eigenvalue weighted by Crippen LogP contribution is 2.64. The molecule has 308 valence electrons. The second-order valence-electron chi connectivity index (χ2n) is 17.5. The fraction of sp³-hybridized carbons (Fsp3) is 0.0159. The minimum Gasteiger partial charge on any atom is -0.457 e. The van der Waals surface area contributed by atoms with Gasteiger partial charge in [0.05, 0.1) is 16.8 Å². The summed E-state index contributed by atoms with van der Waals surface area (Å²) in [5, 5.41) is 6.89. The number of anilines is 3. The number of fused-ring (bicyclic) bond motifs is 15. The van der Waals surface area contributed by atoms with Gasteiger partial charge in [0.2, 0.25) is 0 Å². The lowest BCUT2D eigenvalue weighted by Crippen LogP contribution is -2.32. The number of hydrogen-bond donors (Lipinski definition) is 0. The van der Waals surface area contributed by atoms with Gasteiger partial charge in [-0.25, -0.2) is 0 Å². The molecule has 66 heavy (non-hydrogen) atoms. The van der Waals surface area contributed by atoms with Gasteiger partial charge in [-0.2, -0.15) is 0 Å². The highest BCUT2D eigenvalue weighted by Gasteiger charge is 2.52. The summed E-state index contributed by atoms with van der Waals surface area (Å²) in [6.07, 6.45) is 0. The minimum absolute atomic E-state index is 0.602. The molecule has 0 atom stereocenters. The van der Waals surface area contributed by atoms with Gasteiger partial charge in [-0.3, -0.25) is 0 Å². The molecule has 2 heterocycles. The maximum absolute atomic E-state index is 6.70. The average molecular weight is 842 g/mol. The predicted molar refractivity (Wildman–Crippen MR) is 272 cm³/mol. The van der Waals surface area contributed by atoms with Crippen molar-refractivity contribution in [3.63, 3.8) is 0 Å². The fourth-order valence-electron chi connectivity index (χ4n) is 11.4. The van der Waals surface area contributed by atoms with E-state index >= 15 is 0 Å². The zero-order chi connectivity index (χ0) is 43.3. The zero-order valence-electron chi connectivity index (χ0n) is 35.8. The first-order valence-corrected chi connectivity index (χ1v) is 22.7. The Morgan fingerprint density at radius 1 is 0.318 bits per heavy atom. The van der Waals surface area contributed by atoms with E-state index < -0.39 is 5.41 Å². The minimum atomic E-state index is -0.602. The largest absolute Gasteiger partial charge is 0.457 e. The van der Waals surface area contributed by atoms with Crippen LogP contribution in [0.1, 0.15) is 22.3 Å². The van der Waals surface area contributed by atoms with Crippen molar-refractivity contribution in [3.8, 4) is 44.9 Å². The van der Waals surface area contributed by atoms with Crippen LogP contribution >= 0.6 is 0 Å². The zero-order valence-corrected chi connectivity index (χ0v) is 35.8. The van der Waals surface area contributed by atoms with E-state index in [1.807, 2.05) is 6.07 Å². The summed E-state index contributed by atoms with van der Waals surface area (Å²) >= 11 is 0. The van der Waals surface area contributed by atoms with Crippen LogP contribution in [0, 0.1) is 0 Å². The van der Waals surface area contributed by atoms with E-state index in [1.54, 1.807) is 0 Å². The van der Waals surface area contributed by atoms with Gasteiger partial charge in [-0.15, -0.1) is 0 Å². The Hall–Kier alpha value is -8.66. The van der Waals surface area contributed by atoms with E-state index in [2.05, 4.69) is 235 Å². The molecule has 3 nitrogen and oxygen atoms in total. The summed E-state index contributed by atoms with van der Waals surface area (Å²) in [7, 11) is 0. The molecule has 3 heteroatoms. The van der Waals surface area contributed by atoms with E-state index in [9.17, 15) is 0 Å². The van der Waals surface area contributed by atoms with Crippen molar-refractivity contribution in [1.82, 2.24) is 0 Å². The standard InChI is InChI=1S/C63H39NO2/c1-2-16-40(17-3-1)43-36-37-44(46-19-5-4-18-45(43)46)41-32-34-42(35-33-41)64(56-27-14-22-49-47(56)38-39-50-48-20-7-11-29-58(48)66-62(49)50)57-28-15-26-55-61(57)51-21-6-8-23-52(51)63(55)53-24-9-12-30-59(53)65-60-31-13-10-25-54(60)63/h1-39H. The summed E-state index contributed by atoms with van der Waals surface area (Å²) in [5.41, 5.74) is 16.4. The van der Waals surface area contributed by atoms with Crippen LogP contribution in [-0.4, -0.2) is 0 Å². The summed E-state index contributed by atoms with van der Waals surface area (Å²) in [4.78, 5) is 2.48. The number of benzene rings is 11. The monoisotopic (exact) mass is 841 g/mol. The van der Waals surface area contributed by atoms with E-state index in [0.29, 0.717) is 0 Å². The molecule has 14 rings (SSSR count). The summed E-state index contributed by atoms with van der Waals surface area (Å²) < 4.78 is 13.4. The van der Waals surface area contributed by atoms with Crippen molar-refractivity contribution < 1.29 is 9.15 Å². The lowest BCUT2D eigenvalue weighted by Gasteiger charge is -2.39. The highest BCUT2D eigenvalue weighted by atomic mass is 16.5. The van der Waals surface area contributed by atoms with Crippen molar-refractivity contribution >= 4 is 60.5 Å². The van der Waals surface area contributed by atoms with Gasteiger partial charge in [0.15, 0.2) is 0 Å². The second kappa shape index (κ2) is 14.2. The van der Waals surface area contributed by atoms with Crippen LogP contribution in [0.4, 0.5) is 17.1 Å². The highest BCUT2D eigenvalue weighted by molar-refractivity contribution is 6.18. The molecule has 1 aliphatic heterocycles. The summed E-state index contributed by atoms with van der Waals surface area (Å²) in [6.45, 7) is 0. The molecule has 0 saturated heterocycles. The molecule has 0 fully saturated rings. The molecule has 1 aliphatic carbocycles. The molecule has 0 N–H and O–H groups in total. The third-order valence-electron chi connectivity index (χ3n) is 14.2. The first kappa shape index (κ1) is 36.8. The molecular formula is C63H39NO2. The van der Waals surface area contributed by atoms with Crippen LogP contribution in [0.5, 0.6) is 11.5 Å². The van der Waals surface area contributed by atoms with Crippen LogP contribution in [0.25, 0.3) is 76.9 Å². The Labute approximate surface area is 382 Å². The van der Waals surface area contributed by atoms with Crippen molar-refractivity contribution in [2.24, 2.45) is 0 Å². The lowest BCUT2D eigenvalue weighted by molar-refractivity contribution is 0.436. The average Bonchev–Trinajstić information content (AvgIpc) is 3.92. The van der Waals surface area contributed by atoms with Gasteiger partial charge >= 0.3 is 0 Å². The predicted octanol–water partition coefficient (Wildman–Crippen LogP) is 17.2. The maximum atomic E-state index is 6.70. The summed E-state index contributed by atoms with van der Waals surface area (Å²) in [6, 6.07) is 85.7. The summed E-state index contributed by atoms with van der Waals surface area (Å²) in [5.74, 6) is 1.76. The number of ether oxygens (including phenoxy) is 1. The van der Waals surface area contributed by atoms with Gasteiger partial charge in [0.1, 0.15) is 22.7 Å². The molecule has 11 aromatic carbocycles. The maximum Gasteiger partial charge on any atom is 0.143 e. The molecule has 1 aromatic heterocycles. The van der Waals surface area contributed by atoms with Crippen LogP contribution in [0.3, 0.4) is 0 Å². The van der Waals surface area contributed by atoms with Crippen LogP contribution in [0.15, 0.2) is 241 Å². The van der Waals surface area contributed by atoms with Crippen molar-refractivity contribution in [1.29, 1.82) is 0 Å². The number of para-hydroxylation sites is 3. The van der Waals surface area contributed by atoms with Gasteiger partial charge in [0.25, 0.3) is 0 Å². The number of hydrogen-bond acceptors (Lipinski definition) is 3. The Bertz CT molecular complexity index is 3870. The topological polar surface area (TPSA) is 25.6 Å². The first-order valence-electron chi connectivity index (χ1n) is 22.7. The van der Waals surface area contributed by atoms with Gasteiger partial charge in [0, 0.05) is 43.9 Å². The molecule has 0 saturated carbocycles. The van der Waals surface area contributed by atoms with Crippen molar-refractivity contribution in [3.05, 3.63) is 259 Å². The molecule has 0 unspecified atom stereocenters. The van der Waals surface area contributed by atoms with Gasteiger partial charge in [-0.1, -0.05) is 188 Å².